The molecule has 0 aliphatic carbocycles. The van der Waals surface area contributed by atoms with E-state index >= 15 is 0 Å². The number of anilines is 1. The van der Waals surface area contributed by atoms with Gasteiger partial charge in [-0.3, -0.25) is 9.48 Å². The number of aromatic nitrogens is 3. The van der Waals surface area contributed by atoms with Gasteiger partial charge in [-0.05, 0) is 39.0 Å². The zero-order valence-corrected chi connectivity index (χ0v) is 17.5. The second-order valence-corrected chi connectivity index (χ2v) is 7.40. The third-order valence-corrected chi connectivity index (χ3v) is 5.40. The van der Waals surface area contributed by atoms with Crippen LogP contribution in [0.4, 0.5) is 5.69 Å². The number of hydrogen-bond acceptors (Lipinski definition) is 5. The molecule has 0 bridgehead atoms. The van der Waals surface area contributed by atoms with Crippen LogP contribution in [0.25, 0.3) is 11.0 Å². The molecule has 1 fully saturated rings. The van der Waals surface area contributed by atoms with Crippen molar-refractivity contribution >= 4 is 22.6 Å². The fraction of sp³-hybridized carbons (Fsp3) is 0.409. The third kappa shape index (κ3) is 3.52. The van der Waals surface area contributed by atoms with Crippen molar-refractivity contribution < 1.29 is 9.53 Å². The predicted molar refractivity (Wildman–Crippen MR) is 114 cm³/mol. The number of carbonyl (C=O) groups is 1. The van der Waals surface area contributed by atoms with Crippen LogP contribution in [0.2, 0.25) is 0 Å². The van der Waals surface area contributed by atoms with Gasteiger partial charge in [-0.25, -0.2) is 4.98 Å². The number of ether oxygens (including phenoxy) is 1. The SMILES string of the molecule is CCOc1ccccc1N1CCN(C(=O)c2cc(C)nc3c2c(C)nn3C)CC1. The summed E-state index contributed by atoms with van der Waals surface area (Å²) in [7, 11) is 1.87. The van der Waals surface area contributed by atoms with Crippen molar-refractivity contribution in [3.05, 3.63) is 47.3 Å². The molecule has 0 saturated carbocycles. The van der Waals surface area contributed by atoms with Crippen molar-refractivity contribution in [2.75, 3.05) is 37.7 Å². The lowest BCUT2D eigenvalue weighted by atomic mass is 10.1. The van der Waals surface area contributed by atoms with E-state index in [4.69, 9.17) is 4.74 Å². The molecule has 3 heterocycles. The predicted octanol–water partition coefficient (Wildman–Crippen LogP) is 2.95. The number of fused-ring (bicyclic) bond motifs is 1. The molecule has 1 aliphatic heterocycles. The van der Waals surface area contributed by atoms with Gasteiger partial charge in [0.2, 0.25) is 0 Å². The molecule has 1 saturated heterocycles. The Balaban J connectivity index is 1.56. The van der Waals surface area contributed by atoms with E-state index < -0.39 is 0 Å². The molecule has 0 atom stereocenters. The molecule has 0 spiro atoms. The highest BCUT2D eigenvalue weighted by Gasteiger charge is 2.26. The number of para-hydroxylation sites is 2. The van der Waals surface area contributed by atoms with Gasteiger partial charge in [0.25, 0.3) is 5.91 Å². The molecule has 0 N–H and O–H groups in total. The van der Waals surface area contributed by atoms with Crippen molar-refractivity contribution in [2.24, 2.45) is 7.05 Å². The molecule has 7 heteroatoms. The second kappa shape index (κ2) is 7.73. The number of carbonyl (C=O) groups excluding carboxylic acids is 1. The molecule has 1 aromatic carbocycles. The summed E-state index contributed by atoms with van der Waals surface area (Å²) < 4.78 is 7.52. The molecular formula is C22H27N5O2. The summed E-state index contributed by atoms with van der Waals surface area (Å²) >= 11 is 0. The number of nitrogens with zero attached hydrogens (tertiary/aromatic N) is 5. The quantitative estimate of drug-likeness (QED) is 0.682. The zero-order chi connectivity index (χ0) is 20.5. The van der Waals surface area contributed by atoms with Gasteiger partial charge in [0.15, 0.2) is 5.65 Å². The average molecular weight is 393 g/mol. The van der Waals surface area contributed by atoms with Crippen LogP contribution in [0.15, 0.2) is 30.3 Å². The van der Waals surface area contributed by atoms with Crippen molar-refractivity contribution in [3.63, 3.8) is 0 Å². The van der Waals surface area contributed by atoms with Crippen LogP contribution >= 0.6 is 0 Å². The first kappa shape index (κ1) is 19.2. The maximum Gasteiger partial charge on any atom is 0.254 e. The first-order valence-electron chi connectivity index (χ1n) is 10.1. The van der Waals surface area contributed by atoms with Crippen molar-refractivity contribution in [1.29, 1.82) is 0 Å². The highest BCUT2D eigenvalue weighted by atomic mass is 16.5. The summed E-state index contributed by atoms with van der Waals surface area (Å²) in [6.45, 7) is 9.36. The average Bonchev–Trinajstić information content (AvgIpc) is 3.01. The Kier molecular flexibility index (Phi) is 5.13. The van der Waals surface area contributed by atoms with Gasteiger partial charge in [0, 0.05) is 38.9 Å². The van der Waals surface area contributed by atoms with E-state index in [0.29, 0.717) is 25.3 Å². The molecule has 0 unspecified atom stereocenters. The monoisotopic (exact) mass is 393 g/mol. The Morgan fingerprint density at radius 2 is 1.86 bits per heavy atom. The smallest absolute Gasteiger partial charge is 0.254 e. The molecule has 152 valence electrons. The van der Waals surface area contributed by atoms with Crippen LogP contribution in [0.1, 0.15) is 28.7 Å². The van der Waals surface area contributed by atoms with Crippen LogP contribution in [0, 0.1) is 13.8 Å². The molecule has 7 nitrogen and oxygen atoms in total. The number of benzene rings is 1. The fourth-order valence-corrected chi connectivity index (χ4v) is 4.06. The zero-order valence-electron chi connectivity index (χ0n) is 17.5. The third-order valence-electron chi connectivity index (χ3n) is 5.40. The van der Waals surface area contributed by atoms with Gasteiger partial charge in [-0.15, -0.1) is 0 Å². The number of amides is 1. The molecule has 3 aromatic rings. The number of rotatable bonds is 4. The largest absolute Gasteiger partial charge is 0.492 e. The molecule has 29 heavy (non-hydrogen) atoms. The number of aryl methyl sites for hydroxylation is 3. The Morgan fingerprint density at radius 3 is 2.59 bits per heavy atom. The molecular weight excluding hydrogens is 366 g/mol. The summed E-state index contributed by atoms with van der Waals surface area (Å²) in [5, 5.41) is 5.31. The summed E-state index contributed by atoms with van der Waals surface area (Å²) in [5.41, 5.74) is 4.21. The lowest BCUT2D eigenvalue weighted by Crippen LogP contribution is -2.49. The maximum absolute atomic E-state index is 13.4. The maximum atomic E-state index is 13.4. The van der Waals surface area contributed by atoms with Gasteiger partial charge in [-0.1, -0.05) is 12.1 Å². The highest BCUT2D eigenvalue weighted by molar-refractivity contribution is 6.06. The van der Waals surface area contributed by atoms with E-state index in [2.05, 4.69) is 21.0 Å². The van der Waals surface area contributed by atoms with Crippen LogP contribution in [0.5, 0.6) is 5.75 Å². The summed E-state index contributed by atoms with van der Waals surface area (Å²) in [5.74, 6) is 0.946. The van der Waals surface area contributed by atoms with Gasteiger partial charge in [0.1, 0.15) is 5.75 Å². The van der Waals surface area contributed by atoms with Gasteiger partial charge in [-0.2, -0.15) is 5.10 Å². The normalized spacial score (nSPS) is 14.5. The molecule has 1 amide bonds. The van der Waals surface area contributed by atoms with Gasteiger partial charge in [0.05, 0.1) is 28.9 Å². The summed E-state index contributed by atoms with van der Waals surface area (Å²) in [6.07, 6.45) is 0. The summed E-state index contributed by atoms with van der Waals surface area (Å²) in [4.78, 5) is 22.1. The van der Waals surface area contributed by atoms with Crippen LogP contribution in [-0.4, -0.2) is 58.4 Å². The summed E-state index contributed by atoms with van der Waals surface area (Å²) in [6, 6.07) is 9.98. The minimum Gasteiger partial charge on any atom is -0.492 e. The van der Waals surface area contributed by atoms with E-state index in [1.54, 1.807) is 4.68 Å². The fourth-order valence-electron chi connectivity index (χ4n) is 4.06. The van der Waals surface area contributed by atoms with Gasteiger partial charge < -0.3 is 14.5 Å². The Hall–Kier alpha value is -3.09. The number of hydrogen-bond donors (Lipinski definition) is 0. The molecule has 1 aliphatic rings. The van der Waals surface area contributed by atoms with E-state index in [1.165, 1.54) is 0 Å². The lowest BCUT2D eigenvalue weighted by molar-refractivity contribution is 0.0748. The Labute approximate surface area is 170 Å². The van der Waals surface area contributed by atoms with Crippen LogP contribution in [0.3, 0.4) is 0 Å². The van der Waals surface area contributed by atoms with Crippen molar-refractivity contribution in [1.82, 2.24) is 19.7 Å². The highest BCUT2D eigenvalue weighted by Crippen LogP contribution is 2.29. The van der Waals surface area contributed by atoms with Crippen molar-refractivity contribution in [3.8, 4) is 5.75 Å². The van der Waals surface area contributed by atoms with Crippen LogP contribution < -0.4 is 9.64 Å². The van der Waals surface area contributed by atoms with Gasteiger partial charge >= 0.3 is 0 Å². The molecule has 0 radical (unpaired) electrons. The Morgan fingerprint density at radius 1 is 1.14 bits per heavy atom. The molecule has 2 aromatic heterocycles. The standard InChI is InChI=1S/C22H27N5O2/c1-5-29-19-9-7-6-8-18(19)26-10-12-27(13-11-26)22(28)17-14-15(2)23-21-20(17)16(3)24-25(21)4/h6-9,14H,5,10-13H2,1-4H3. The number of pyridine rings is 1. The van der Waals surface area contributed by atoms with E-state index in [1.807, 2.05) is 57.0 Å². The minimum absolute atomic E-state index is 0.0503. The van der Waals surface area contributed by atoms with Crippen molar-refractivity contribution in [2.45, 2.75) is 20.8 Å². The topological polar surface area (TPSA) is 63.5 Å². The first-order valence-corrected chi connectivity index (χ1v) is 10.1. The second-order valence-electron chi connectivity index (χ2n) is 7.40. The van der Waals surface area contributed by atoms with E-state index in [-0.39, 0.29) is 5.91 Å². The van der Waals surface area contributed by atoms with Crippen LogP contribution in [-0.2, 0) is 7.05 Å². The number of piperazine rings is 1. The van der Waals surface area contributed by atoms with E-state index in [9.17, 15) is 4.79 Å². The molecule has 4 rings (SSSR count). The Bertz CT molecular complexity index is 1050. The minimum atomic E-state index is 0.0503. The lowest BCUT2D eigenvalue weighted by Gasteiger charge is -2.36. The van der Waals surface area contributed by atoms with E-state index in [0.717, 1.165) is 46.9 Å². The first-order chi connectivity index (χ1) is 14.0.